The van der Waals surface area contributed by atoms with Gasteiger partial charge in [-0.1, -0.05) is 36.9 Å². The maximum Gasteiger partial charge on any atom is 0.236 e. The highest BCUT2D eigenvalue weighted by molar-refractivity contribution is 7.99. The second-order valence-corrected chi connectivity index (χ2v) is 8.14. The summed E-state index contributed by atoms with van der Waals surface area (Å²) in [6, 6.07) is 7.83. The van der Waals surface area contributed by atoms with E-state index in [4.69, 9.17) is 4.74 Å². The maximum atomic E-state index is 12.0. The van der Waals surface area contributed by atoms with Crippen LogP contribution in [0, 0.1) is 5.92 Å². The number of rotatable bonds is 9. The number of ether oxygens (including phenoxy) is 1. The molecule has 0 bridgehead atoms. The second-order valence-electron chi connectivity index (χ2n) is 6.36. The summed E-state index contributed by atoms with van der Waals surface area (Å²) in [7, 11) is 0. The Kier molecular flexibility index (Phi) is 6.99. The van der Waals surface area contributed by atoms with Crippen LogP contribution in [0.2, 0.25) is 0 Å². The number of carbonyl (C=O) groups is 1. The molecule has 0 radical (unpaired) electrons. The van der Waals surface area contributed by atoms with Crippen LogP contribution < -0.4 is 10.1 Å². The van der Waals surface area contributed by atoms with Crippen LogP contribution in [0.25, 0.3) is 11.4 Å². The Bertz CT molecular complexity index is 893. The van der Waals surface area contributed by atoms with Crippen LogP contribution >= 0.6 is 23.1 Å². The molecule has 0 aliphatic carbocycles. The number of amides is 1. The molecule has 10 heteroatoms. The van der Waals surface area contributed by atoms with Crippen LogP contribution in [0.5, 0.6) is 5.75 Å². The van der Waals surface area contributed by atoms with Crippen molar-refractivity contribution >= 4 is 34.1 Å². The number of benzene rings is 1. The first-order valence-electron chi connectivity index (χ1n) is 8.92. The highest BCUT2D eigenvalue weighted by atomic mass is 32.2. The predicted molar refractivity (Wildman–Crippen MR) is 111 cm³/mol. The van der Waals surface area contributed by atoms with Crippen molar-refractivity contribution in [3.63, 3.8) is 0 Å². The van der Waals surface area contributed by atoms with Crippen LogP contribution in [-0.2, 0) is 11.3 Å². The monoisotopic (exact) mass is 418 g/mol. The van der Waals surface area contributed by atoms with E-state index in [0.29, 0.717) is 29.4 Å². The molecule has 0 saturated heterocycles. The molecule has 2 heterocycles. The molecule has 1 N–H and O–H groups in total. The van der Waals surface area contributed by atoms with Gasteiger partial charge in [0.25, 0.3) is 0 Å². The SMILES string of the molecule is CCn1c(SCC(=O)Nc2nncs2)nnc1-c1ccc(OCC(C)C)cc1. The van der Waals surface area contributed by atoms with Gasteiger partial charge < -0.3 is 9.30 Å². The van der Waals surface area contributed by atoms with Crippen molar-refractivity contribution in [2.45, 2.75) is 32.5 Å². The summed E-state index contributed by atoms with van der Waals surface area (Å²) in [5.74, 6) is 2.15. The summed E-state index contributed by atoms with van der Waals surface area (Å²) in [4.78, 5) is 12.0. The van der Waals surface area contributed by atoms with Gasteiger partial charge in [0.15, 0.2) is 11.0 Å². The average Bonchev–Trinajstić information content (AvgIpc) is 3.34. The summed E-state index contributed by atoms with van der Waals surface area (Å²) < 4.78 is 7.72. The van der Waals surface area contributed by atoms with Crippen LogP contribution in [0.1, 0.15) is 20.8 Å². The van der Waals surface area contributed by atoms with Crippen molar-refractivity contribution in [2.75, 3.05) is 17.7 Å². The highest BCUT2D eigenvalue weighted by Gasteiger charge is 2.15. The number of aromatic nitrogens is 5. The number of carbonyl (C=O) groups excluding carboxylic acids is 1. The predicted octanol–water partition coefficient (Wildman–Crippen LogP) is 3.58. The minimum Gasteiger partial charge on any atom is -0.493 e. The van der Waals surface area contributed by atoms with Crippen LogP contribution in [0.4, 0.5) is 5.13 Å². The Hall–Kier alpha value is -2.46. The van der Waals surface area contributed by atoms with Gasteiger partial charge in [-0.05, 0) is 37.1 Å². The van der Waals surface area contributed by atoms with Crippen LogP contribution in [0.3, 0.4) is 0 Å². The lowest BCUT2D eigenvalue weighted by Gasteiger charge is -2.10. The van der Waals surface area contributed by atoms with Gasteiger partial charge in [-0.2, -0.15) is 0 Å². The fraction of sp³-hybridized carbons (Fsp3) is 0.389. The lowest BCUT2D eigenvalue weighted by Crippen LogP contribution is -2.14. The zero-order chi connectivity index (χ0) is 19.9. The largest absolute Gasteiger partial charge is 0.493 e. The molecule has 0 atom stereocenters. The molecule has 1 amide bonds. The molecule has 28 heavy (non-hydrogen) atoms. The summed E-state index contributed by atoms with van der Waals surface area (Å²) in [6.07, 6.45) is 0. The molecule has 3 rings (SSSR count). The Morgan fingerprint density at radius 3 is 2.68 bits per heavy atom. The molecule has 3 aromatic rings. The van der Waals surface area contributed by atoms with E-state index in [1.165, 1.54) is 23.1 Å². The molecule has 2 aromatic heterocycles. The zero-order valence-electron chi connectivity index (χ0n) is 16.0. The van der Waals surface area contributed by atoms with E-state index >= 15 is 0 Å². The van der Waals surface area contributed by atoms with Crippen LogP contribution in [0.15, 0.2) is 34.9 Å². The number of thioether (sulfide) groups is 1. The third kappa shape index (κ3) is 5.29. The lowest BCUT2D eigenvalue weighted by atomic mass is 10.2. The lowest BCUT2D eigenvalue weighted by molar-refractivity contribution is -0.113. The second kappa shape index (κ2) is 9.65. The quantitative estimate of drug-likeness (QED) is 0.531. The number of hydrogen-bond acceptors (Lipinski definition) is 8. The molecule has 0 unspecified atom stereocenters. The molecular weight excluding hydrogens is 396 g/mol. The third-order valence-corrected chi connectivity index (χ3v) is 5.24. The molecule has 0 aliphatic heterocycles. The molecular formula is C18H22N6O2S2. The van der Waals surface area contributed by atoms with Crippen molar-refractivity contribution in [2.24, 2.45) is 5.92 Å². The van der Waals surface area contributed by atoms with Crippen molar-refractivity contribution in [3.05, 3.63) is 29.8 Å². The first-order valence-corrected chi connectivity index (χ1v) is 10.8. The van der Waals surface area contributed by atoms with E-state index in [-0.39, 0.29) is 11.7 Å². The first kappa shape index (κ1) is 20.3. The third-order valence-electron chi connectivity index (χ3n) is 3.67. The van der Waals surface area contributed by atoms with Gasteiger partial charge in [-0.25, -0.2) is 0 Å². The standard InChI is InChI=1S/C18H22N6O2S2/c1-4-24-16(13-5-7-14(8-6-13)26-9-12(2)3)21-23-18(24)27-10-15(25)20-17-22-19-11-28-17/h5-8,11-12H,4,9-10H2,1-3H3,(H,20,22,25). The first-order chi connectivity index (χ1) is 13.6. The Labute approximate surface area is 171 Å². The number of hydrogen-bond donors (Lipinski definition) is 1. The molecule has 0 saturated carbocycles. The van der Waals surface area contributed by atoms with Gasteiger partial charge in [0.1, 0.15) is 11.3 Å². The van der Waals surface area contributed by atoms with E-state index in [1.807, 2.05) is 35.8 Å². The Morgan fingerprint density at radius 1 is 1.25 bits per heavy atom. The van der Waals surface area contributed by atoms with Gasteiger partial charge in [-0.15, -0.1) is 20.4 Å². The Morgan fingerprint density at radius 2 is 2.04 bits per heavy atom. The molecule has 0 spiro atoms. The van der Waals surface area contributed by atoms with Gasteiger partial charge in [0, 0.05) is 12.1 Å². The van der Waals surface area contributed by atoms with E-state index < -0.39 is 0 Å². The van der Waals surface area contributed by atoms with Gasteiger partial charge >= 0.3 is 0 Å². The van der Waals surface area contributed by atoms with Gasteiger partial charge in [0.2, 0.25) is 11.0 Å². The fourth-order valence-corrected chi connectivity index (χ4v) is 3.63. The van der Waals surface area contributed by atoms with E-state index in [2.05, 4.69) is 39.6 Å². The molecule has 0 aliphatic rings. The summed E-state index contributed by atoms with van der Waals surface area (Å²) in [6.45, 7) is 7.65. The topological polar surface area (TPSA) is 94.8 Å². The fourth-order valence-electron chi connectivity index (χ4n) is 2.37. The van der Waals surface area contributed by atoms with Crippen molar-refractivity contribution in [1.82, 2.24) is 25.0 Å². The summed E-state index contributed by atoms with van der Waals surface area (Å²) in [5, 5.41) is 20.0. The molecule has 0 fully saturated rings. The van der Waals surface area contributed by atoms with Gasteiger partial charge in [-0.3, -0.25) is 10.1 Å². The van der Waals surface area contributed by atoms with Crippen molar-refractivity contribution in [3.8, 4) is 17.1 Å². The number of nitrogens with one attached hydrogen (secondary N) is 1. The summed E-state index contributed by atoms with van der Waals surface area (Å²) >= 11 is 2.62. The normalized spacial score (nSPS) is 11.0. The Balaban J connectivity index is 1.65. The zero-order valence-corrected chi connectivity index (χ0v) is 17.6. The van der Waals surface area contributed by atoms with E-state index in [9.17, 15) is 4.79 Å². The summed E-state index contributed by atoms with van der Waals surface area (Å²) in [5.41, 5.74) is 2.53. The van der Waals surface area contributed by atoms with Gasteiger partial charge in [0.05, 0.1) is 12.4 Å². The molecule has 148 valence electrons. The van der Waals surface area contributed by atoms with Crippen molar-refractivity contribution in [1.29, 1.82) is 0 Å². The minimum absolute atomic E-state index is 0.152. The highest BCUT2D eigenvalue weighted by Crippen LogP contribution is 2.26. The van der Waals surface area contributed by atoms with Crippen molar-refractivity contribution < 1.29 is 9.53 Å². The van der Waals surface area contributed by atoms with Crippen LogP contribution in [-0.4, -0.2) is 43.2 Å². The van der Waals surface area contributed by atoms with E-state index in [1.54, 1.807) is 5.51 Å². The smallest absolute Gasteiger partial charge is 0.236 e. The molecule has 8 nitrogen and oxygen atoms in total. The average molecular weight is 419 g/mol. The maximum absolute atomic E-state index is 12.0. The number of nitrogens with zero attached hydrogens (tertiary/aromatic N) is 5. The van der Waals surface area contributed by atoms with E-state index in [0.717, 1.165) is 17.1 Å². The number of anilines is 1. The minimum atomic E-state index is -0.152. The molecule has 1 aromatic carbocycles.